The normalized spacial score (nSPS) is 10.7. The Labute approximate surface area is 114 Å². The Morgan fingerprint density at radius 3 is 2.83 bits per heavy atom. The SMILES string of the molecule is CCNc1ncc(Cl)c(Sc2nnc(C)n2C)n1. The van der Waals surface area contributed by atoms with Crippen LogP contribution < -0.4 is 5.32 Å². The van der Waals surface area contributed by atoms with Crippen LogP contribution in [0.2, 0.25) is 5.02 Å². The molecule has 0 aromatic carbocycles. The molecule has 0 atom stereocenters. The highest BCUT2D eigenvalue weighted by molar-refractivity contribution is 7.99. The van der Waals surface area contributed by atoms with Crippen molar-refractivity contribution in [3.05, 3.63) is 17.0 Å². The van der Waals surface area contributed by atoms with Crippen LogP contribution >= 0.6 is 23.4 Å². The molecular weight excluding hydrogens is 272 g/mol. The summed E-state index contributed by atoms with van der Waals surface area (Å²) in [5.74, 6) is 1.40. The summed E-state index contributed by atoms with van der Waals surface area (Å²) in [5, 5.41) is 13.0. The Morgan fingerprint density at radius 1 is 1.44 bits per heavy atom. The van der Waals surface area contributed by atoms with Gasteiger partial charge in [-0.3, -0.25) is 0 Å². The topological polar surface area (TPSA) is 68.5 Å². The van der Waals surface area contributed by atoms with Crippen LogP contribution in [0.4, 0.5) is 5.95 Å². The van der Waals surface area contributed by atoms with Crippen molar-refractivity contribution in [2.45, 2.75) is 24.0 Å². The predicted octanol–water partition coefficient (Wildman–Crippen LogP) is 2.15. The van der Waals surface area contributed by atoms with Crippen LogP contribution in [-0.2, 0) is 7.05 Å². The smallest absolute Gasteiger partial charge is 0.223 e. The molecule has 0 radical (unpaired) electrons. The number of halogens is 1. The lowest BCUT2D eigenvalue weighted by atomic mass is 10.6. The molecule has 0 saturated heterocycles. The highest BCUT2D eigenvalue weighted by Gasteiger charge is 2.12. The van der Waals surface area contributed by atoms with Crippen molar-refractivity contribution >= 4 is 29.3 Å². The summed E-state index contributed by atoms with van der Waals surface area (Å²) < 4.78 is 1.88. The van der Waals surface area contributed by atoms with Crippen LogP contribution in [0.1, 0.15) is 12.7 Å². The van der Waals surface area contributed by atoms with Crippen molar-refractivity contribution < 1.29 is 0 Å². The zero-order chi connectivity index (χ0) is 13.1. The third-order valence-electron chi connectivity index (χ3n) is 2.29. The first-order chi connectivity index (χ1) is 8.61. The molecule has 18 heavy (non-hydrogen) atoms. The monoisotopic (exact) mass is 284 g/mol. The molecule has 2 rings (SSSR count). The number of rotatable bonds is 4. The molecule has 0 aliphatic heterocycles. The second kappa shape index (κ2) is 5.53. The Balaban J connectivity index is 2.27. The maximum atomic E-state index is 6.07. The van der Waals surface area contributed by atoms with Gasteiger partial charge in [0.15, 0.2) is 5.16 Å². The van der Waals surface area contributed by atoms with E-state index in [2.05, 4.69) is 25.5 Å². The fraction of sp³-hybridized carbons (Fsp3) is 0.400. The molecule has 96 valence electrons. The number of nitrogens with one attached hydrogen (secondary N) is 1. The predicted molar refractivity (Wildman–Crippen MR) is 71.1 cm³/mol. The van der Waals surface area contributed by atoms with E-state index in [9.17, 15) is 0 Å². The lowest BCUT2D eigenvalue weighted by Crippen LogP contribution is -2.02. The third-order valence-corrected chi connectivity index (χ3v) is 3.72. The summed E-state index contributed by atoms with van der Waals surface area (Å²) in [6.07, 6.45) is 1.58. The van der Waals surface area contributed by atoms with Crippen LogP contribution in [0.5, 0.6) is 0 Å². The van der Waals surface area contributed by atoms with Crippen LogP contribution in [0.15, 0.2) is 16.4 Å². The fourth-order valence-electron chi connectivity index (χ4n) is 1.23. The van der Waals surface area contributed by atoms with E-state index < -0.39 is 0 Å². The minimum Gasteiger partial charge on any atom is -0.354 e. The zero-order valence-electron chi connectivity index (χ0n) is 10.3. The lowest BCUT2D eigenvalue weighted by molar-refractivity contribution is 0.764. The second-order valence-electron chi connectivity index (χ2n) is 3.57. The second-order valence-corrected chi connectivity index (χ2v) is 4.93. The number of hydrogen-bond donors (Lipinski definition) is 1. The fourth-order valence-corrected chi connectivity index (χ4v) is 2.24. The highest BCUT2D eigenvalue weighted by atomic mass is 35.5. The zero-order valence-corrected chi connectivity index (χ0v) is 11.9. The van der Waals surface area contributed by atoms with Crippen LogP contribution in [-0.4, -0.2) is 31.3 Å². The number of hydrogen-bond acceptors (Lipinski definition) is 6. The van der Waals surface area contributed by atoms with Gasteiger partial charge < -0.3 is 9.88 Å². The Hall–Kier alpha value is -1.34. The molecule has 0 aliphatic rings. The molecule has 6 nitrogen and oxygen atoms in total. The average Bonchev–Trinajstić information content (AvgIpc) is 2.66. The standard InChI is InChI=1S/C10H13ClN6S/c1-4-12-9-13-5-7(11)8(14-9)18-10-16-15-6(2)17(10)3/h5H,4H2,1-3H3,(H,12,13,14). The first kappa shape index (κ1) is 13.1. The van der Waals surface area contributed by atoms with Gasteiger partial charge in [0.05, 0.1) is 11.2 Å². The van der Waals surface area contributed by atoms with Gasteiger partial charge in [0.25, 0.3) is 0 Å². The molecule has 2 heterocycles. The summed E-state index contributed by atoms with van der Waals surface area (Å²) in [7, 11) is 1.90. The van der Waals surface area contributed by atoms with Gasteiger partial charge in [-0.1, -0.05) is 11.6 Å². The molecule has 0 amide bonds. The van der Waals surface area contributed by atoms with Gasteiger partial charge >= 0.3 is 0 Å². The Bertz CT molecular complexity index is 555. The number of aromatic nitrogens is 5. The molecule has 8 heteroatoms. The van der Waals surface area contributed by atoms with Gasteiger partial charge in [-0.2, -0.15) is 0 Å². The van der Waals surface area contributed by atoms with E-state index in [1.165, 1.54) is 11.8 Å². The van der Waals surface area contributed by atoms with Gasteiger partial charge in [0.2, 0.25) is 5.95 Å². The van der Waals surface area contributed by atoms with E-state index in [1.807, 2.05) is 25.5 Å². The van der Waals surface area contributed by atoms with Crippen LogP contribution in [0.25, 0.3) is 0 Å². The lowest BCUT2D eigenvalue weighted by Gasteiger charge is -2.05. The molecule has 1 N–H and O–H groups in total. The summed E-state index contributed by atoms with van der Waals surface area (Å²) in [6.45, 7) is 4.63. The molecule has 0 aliphatic carbocycles. The van der Waals surface area contributed by atoms with E-state index in [4.69, 9.17) is 11.6 Å². The molecule has 0 spiro atoms. The molecule has 2 aromatic heterocycles. The Kier molecular flexibility index (Phi) is 4.03. The highest BCUT2D eigenvalue weighted by Crippen LogP contribution is 2.30. The molecule has 0 bridgehead atoms. The largest absolute Gasteiger partial charge is 0.354 e. The quantitative estimate of drug-likeness (QED) is 0.868. The van der Waals surface area contributed by atoms with Gasteiger partial charge in [-0.25, -0.2) is 9.97 Å². The van der Waals surface area contributed by atoms with Gasteiger partial charge in [0.1, 0.15) is 10.9 Å². The summed E-state index contributed by atoms with van der Waals surface area (Å²) in [4.78, 5) is 8.42. The van der Waals surface area contributed by atoms with E-state index in [0.717, 1.165) is 17.5 Å². The van der Waals surface area contributed by atoms with Crippen molar-refractivity contribution in [2.75, 3.05) is 11.9 Å². The van der Waals surface area contributed by atoms with Crippen LogP contribution in [0, 0.1) is 6.92 Å². The average molecular weight is 285 g/mol. The molecule has 0 saturated carbocycles. The van der Waals surface area contributed by atoms with E-state index in [1.54, 1.807) is 6.20 Å². The summed E-state index contributed by atoms with van der Waals surface area (Å²) in [6, 6.07) is 0. The van der Waals surface area contributed by atoms with E-state index in [-0.39, 0.29) is 0 Å². The molecular formula is C10H13ClN6S. The van der Waals surface area contributed by atoms with Gasteiger partial charge in [-0.05, 0) is 25.6 Å². The number of nitrogens with zero attached hydrogens (tertiary/aromatic N) is 5. The first-order valence-corrected chi connectivity index (χ1v) is 6.61. The minimum atomic E-state index is 0.502. The van der Waals surface area contributed by atoms with E-state index in [0.29, 0.717) is 16.0 Å². The van der Waals surface area contributed by atoms with E-state index >= 15 is 0 Å². The maximum absolute atomic E-state index is 6.07. The summed E-state index contributed by atoms with van der Waals surface area (Å²) >= 11 is 7.44. The first-order valence-electron chi connectivity index (χ1n) is 5.42. The van der Waals surface area contributed by atoms with Crippen molar-refractivity contribution in [1.29, 1.82) is 0 Å². The number of anilines is 1. The minimum absolute atomic E-state index is 0.502. The van der Waals surface area contributed by atoms with Crippen molar-refractivity contribution in [2.24, 2.45) is 7.05 Å². The number of aryl methyl sites for hydroxylation is 1. The summed E-state index contributed by atoms with van der Waals surface area (Å²) in [5.41, 5.74) is 0. The molecule has 0 fully saturated rings. The van der Waals surface area contributed by atoms with Crippen molar-refractivity contribution in [3.8, 4) is 0 Å². The van der Waals surface area contributed by atoms with Gasteiger partial charge in [-0.15, -0.1) is 10.2 Å². The van der Waals surface area contributed by atoms with Crippen molar-refractivity contribution in [3.63, 3.8) is 0 Å². The van der Waals surface area contributed by atoms with Crippen LogP contribution in [0.3, 0.4) is 0 Å². The van der Waals surface area contributed by atoms with Crippen molar-refractivity contribution in [1.82, 2.24) is 24.7 Å². The molecule has 0 unspecified atom stereocenters. The third kappa shape index (κ3) is 2.73. The maximum Gasteiger partial charge on any atom is 0.223 e. The molecule has 2 aromatic rings. The Morgan fingerprint density at radius 2 is 2.22 bits per heavy atom. The van der Waals surface area contributed by atoms with Gasteiger partial charge in [0, 0.05) is 13.6 Å².